The van der Waals surface area contributed by atoms with E-state index in [2.05, 4.69) is 10.6 Å². The van der Waals surface area contributed by atoms with Crippen molar-refractivity contribution >= 4 is 52.8 Å². The highest BCUT2D eigenvalue weighted by Gasteiger charge is 2.52. The summed E-state index contributed by atoms with van der Waals surface area (Å²) in [5.41, 5.74) is 0.725. The average molecular weight is 608 g/mol. The number of alkyl halides is 5. The maximum Gasteiger partial charge on any atom is 0.405 e. The first-order valence-corrected chi connectivity index (χ1v) is 12.3. The van der Waals surface area contributed by atoms with E-state index in [1.54, 1.807) is 24.3 Å². The van der Waals surface area contributed by atoms with E-state index in [1.807, 2.05) is 0 Å². The van der Waals surface area contributed by atoms with Gasteiger partial charge >= 0.3 is 12.1 Å². The molecular weight excluding hydrogens is 584 g/mol. The standard InChI is InChI=1S/C26H24Cl2F5N3O4/c1-14(2)20(22(38)26(32,33)24(40)34-13-25(29,30)31)36-23(39)21(16-7-9-17(27)10-8-16)35-19(37)11-6-15-4-3-5-18(28)12-15/h3-12,14,20-21H,13H2,1-2H3,(H,34,40)(H,35,37)(H,36,39)/b11-6+/t20-,21?/m0/s1. The second-order valence-corrected chi connectivity index (χ2v) is 9.72. The molecule has 3 amide bonds. The quantitative estimate of drug-likeness (QED) is 0.192. The SMILES string of the molecule is CC(C)[C@H](NC(=O)C(NC(=O)/C=C/c1cccc(Cl)c1)c1ccc(Cl)cc1)C(=O)C(F)(F)C(=O)NCC(F)(F)F. The van der Waals surface area contributed by atoms with Crippen LogP contribution in [-0.2, 0) is 19.2 Å². The van der Waals surface area contributed by atoms with Crippen LogP contribution in [0.4, 0.5) is 22.0 Å². The molecule has 2 aromatic carbocycles. The lowest BCUT2D eigenvalue weighted by Crippen LogP contribution is -2.58. The van der Waals surface area contributed by atoms with Crippen LogP contribution in [0.15, 0.2) is 54.6 Å². The second-order valence-electron chi connectivity index (χ2n) is 8.85. The number of ketones is 1. The van der Waals surface area contributed by atoms with Crippen LogP contribution in [0.25, 0.3) is 6.08 Å². The summed E-state index contributed by atoms with van der Waals surface area (Å²) in [6.07, 6.45) is -2.50. The van der Waals surface area contributed by atoms with Gasteiger partial charge in [0.15, 0.2) is 0 Å². The number of nitrogens with one attached hydrogen (secondary N) is 3. The van der Waals surface area contributed by atoms with E-state index in [1.165, 1.54) is 44.2 Å². The van der Waals surface area contributed by atoms with Crippen molar-refractivity contribution < 1.29 is 41.1 Å². The first-order chi connectivity index (χ1) is 18.5. The Labute approximate surface area is 236 Å². The minimum absolute atomic E-state index is 0.163. The van der Waals surface area contributed by atoms with Crippen molar-refractivity contribution in [1.82, 2.24) is 16.0 Å². The number of rotatable bonds is 11. The zero-order valence-electron chi connectivity index (χ0n) is 21.0. The van der Waals surface area contributed by atoms with Gasteiger partial charge in [-0.1, -0.05) is 61.3 Å². The molecule has 40 heavy (non-hydrogen) atoms. The van der Waals surface area contributed by atoms with Gasteiger partial charge in [-0.25, -0.2) is 0 Å². The number of benzene rings is 2. The van der Waals surface area contributed by atoms with E-state index >= 15 is 0 Å². The molecule has 2 rings (SSSR count). The first kappa shape index (κ1) is 32.7. The molecule has 14 heteroatoms. The zero-order chi connectivity index (χ0) is 30.3. The Morgan fingerprint density at radius 2 is 1.52 bits per heavy atom. The van der Waals surface area contributed by atoms with E-state index in [9.17, 15) is 41.1 Å². The molecule has 0 fully saturated rings. The summed E-state index contributed by atoms with van der Waals surface area (Å²) in [5.74, 6) is -12.4. The van der Waals surface area contributed by atoms with E-state index in [0.717, 1.165) is 11.4 Å². The molecule has 0 aliphatic rings. The molecule has 0 saturated carbocycles. The van der Waals surface area contributed by atoms with Crippen LogP contribution in [0.2, 0.25) is 10.0 Å². The number of hydrogen-bond donors (Lipinski definition) is 3. The Hall–Kier alpha value is -3.51. The van der Waals surface area contributed by atoms with Crippen molar-refractivity contribution in [2.24, 2.45) is 5.92 Å². The molecule has 7 nitrogen and oxygen atoms in total. The van der Waals surface area contributed by atoms with Gasteiger partial charge in [-0.15, -0.1) is 0 Å². The molecular formula is C26H24Cl2F5N3O4. The Bertz CT molecular complexity index is 1270. The van der Waals surface area contributed by atoms with Crippen LogP contribution >= 0.6 is 23.2 Å². The van der Waals surface area contributed by atoms with Crippen molar-refractivity contribution in [2.45, 2.75) is 38.0 Å². The molecule has 0 aliphatic carbocycles. The highest BCUT2D eigenvalue weighted by Crippen LogP contribution is 2.23. The van der Waals surface area contributed by atoms with Crippen LogP contribution < -0.4 is 16.0 Å². The summed E-state index contributed by atoms with van der Waals surface area (Å²) in [7, 11) is 0. The summed E-state index contributed by atoms with van der Waals surface area (Å²) >= 11 is 11.8. The smallest absolute Gasteiger partial charge is 0.344 e. The predicted molar refractivity (Wildman–Crippen MR) is 139 cm³/mol. The molecule has 0 radical (unpaired) electrons. The normalized spacial score (nSPS) is 13.6. The highest BCUT2D eigenvalue weighted by atomic mass is 35.5. The van der Waals surface area contributed by atoms with Gasteiger partial charge in [-0.05, 0) is 47.4 Å². The van der Waals surface area contributed by atoms with E-state index in [0.29, 0.717) is 10.6 Å². The third-order valence-corrected chi connectivity index (χ3v) is 5.81. The fraction of sp³-hybridized carbons (Fsp3) is 0.308. The molecule has 0 bridgehead atoms. The summed E-state index contributed by atoms with van der Waals surface area (Å²) < 4.78 is 66.1. The third kappa shape index (κ3) is 9.60. The second kappa shape index (κ2) is 13.7. The van der Waals surface area contributed by atoms with Crippen molar-refractivity contribution in [3.05, 3.63) is 75.8 Å². The van der Waals surface area contributed by atoms with Crippen LogP contribution in [0, 0.1) is 5.92 Å². The maximum atomic E-state index is 14.5. The Morgan fingerprint density at radius 3 is 2.08 bits per heavy atom. The fourth-order valence-electron chi connectivity index (χ4n) is 3.30. The number of Topliss-reactive ketones (excluding diaryl/α,β-unsaturated/α-hetero) is 1. The predicted octanol–water partition coefficient (Wildman–Crippen LogP) is 4.89. The summed E-state index contributed by atoms with van der Waals surface area (Å²) in [6, 6.07) is 8.51. The molecule has 0 heterocycles. The van der Waals surface area contributed by atoms with Gasteiger partial charge in [0.05, 0.1) is 6.04 Å². The number of carbonyl (C=O) groups is 4. The minimum Gasteiger partial charge on any atom is -0.344 e. The maximum absolute atomic E-state index is 14.5. The number of amides is 3. The van der Waals surface area contributed by atoms with Gasteiger partial charge in [0.2, 0.25) is 17.6 Å². The van der Waals surface area contributed by atoms with Crippen LogP contribution in [0.3, 0.4) is 0 Å². The lowest BCUT2D eigenvalue weighted by atomic mass is 9.94. The lowest BCUT2D eigenvalue weighted by Gasteiger charge is -2.27. The van der Waals surface area contributed by atoms with Gasteiger partial charge in [0.25, 0.3) is 5.91 Å². The average Bonchev–Trinajstić information content (AvgIpc) is 2.87. The van der Waals surface area contributed by atoms with Crippen molar-refractivity contribution in [2.75, 3.05) is 6.54 Å². The zero-order valence-corrected chi connectivity index (χ0v) is 22.5. The van der Waals surface area contributed by atoms with Crippen LogP contribution in [0.1, 0.15) is 31.0 Å². The molecule has 3 N–H and O–H groups in total. The summed E-state index contributed by atoms with van der Waals surface area (Å²) in [4.78, 5) is 50.2. The molecule has 0 saturated heterocycles. The number of hydrogen-bond acceptors (Lipinski definition) is 4. The number of carbonyl (C=O) groups excluding carboxylic acids is 4. The van der Waals surface area contributed by atoms with Crippen LogP contribution in [0.5, 0.6) is 0 Å². The van der Waals surface area contributed by atoms with Gasteiger partial charge in [-0.3, -0.25) is 19.2 Å². The molecule has 1 unspecified atom stereocenters. The van der Waals surface area contributed by atoms with E-state index in [4.69, 9.17) is 23.2 Å². The fourth-order valence-corrected chi connectivity index (χ4v) is 3.62. The molecule has 0 aromatic heterocycles. The Balaban J connectivity index is 2.29. The Morgan fingerprint density at radius 1 is 0.900 bits per heavy atom. The van der Waals surface area contributed by atoms with Gasteiger partial charge in [-0.2, -0.15) is 22.0 Å². The van der Waals surface area contributed by atoms with Gasteiger partial charge in [0, 0.05) is 16.1 Å². The van der Waals surface area contributed by atoms with Crippen molar-refractivity contribution in [1.29, 1.82) is 0 Å². The topological polar surface area (TPSA) is 104 Å². The van der Waals surface area contributed by atoms with Crippen molar-refractivity contribution in [3.63, 3.8) is 0 Å². The molecule has 0 aliphatic heterocycles. The van der Waals surface area contributed by atoms with Gasteiger partial charge in [0.1, 0.15) is 12.6 Å². The van der Waals surface area contributed by atoms with E-state index < -0.39 is 60.1 Å². The summed E-state index contributed by atoms with van der Waals surface area (Å²) in [6.45, 7) is 0.465. The van der Waals surface area contributed by atoms with Gasteiger partial charge < -0.3 is 16.0 Å². The monoisotopic (exact) mass is 607 g/mol. The molecule has 2 aromatic rings. The number of halogens is 7. The first-order valence-electron chi connectivity index (χ1n) is 11.6. The van der Waals surface area contributed by atoms with E-state index in [-0.39, 0.29) is 10.6 Å². The minimum atomic E-state index is -4.99. The van der Waals surface area contributed by atoms with Crippen LogP contribution in [-0.4, -0.2) is 48.2 Å². The Kier molecular flexibility index (Phi) is 11.2. The highest BCUT2D eigenvalue weighted by molar-refractivity contribution is 6.31. The lowest BCUT2D eigenvalue weighted by molar-refractivity contribution is -0.165. The van der Waals surface area contributed by atoms with Crippen molar-refractivity contribution in [3.8, 4) is 0 Å². The summed E-state index contributed by atoms with van der Waals surface area (Å²) in [5, 5.41) is 6.16. The molecule has 216 valence electrons. The third-order valence-electron chi connectivity index (χ3n) is 5.32. The molecule has 2 atom stereocenters. The molecule has 0 spiro atoms. The largest absolute Gasteiger partial charge is 0.405 e.